The van der Waals surface area contributed by atoms with Crippen LogP contribution in [0, 0.1) is 0 Å². The molecule has 0 radical (unpaired) electrons. The van der Waals surface area contributed by atoms with Gasteiger partial charge in [0.05, 0.1) is 6.04 Å². The standard InChI is InChI=1S/C22H19F3N4O3/c23-22(24,25)19-9-15(14-6-7-17-18(8-14)32-12-31-17)27-20-10-16(28-29(19)20)21(30)26-11-13-4-2-1-3-5-13/h1-8,10,15,19,27H,9,11-12H2,(H,26,30)/t15-,19-/m0/s1. The minimum absolute atomic E-state index is 0.0796. The van der Waals surface area contributed by atoms with E-state index >= 15 is 0 Å². The number of aromatic nitrogens is 2. The molecule has 2 aliphatic rings. The third-order valence-electron chi connectivity index (χ3n) is 5.52. The summed E-state index contributed by atoms with van der Waals surface area (Å²) in [7, 11) is 0. The van der Waals surface area contributed by atoms with Gasteiger partial charge in [0.2, 0.25) is 6.79 Å². The normalized spacial score (nSPS) is 19.2. The zero-order chi connectivity index (χ0) is 22.3. The van der Waals surface area contributed by atoms with Gasteiger partial charge in [-0.1, -0.05) is 36.4 Å². The zero-order valence-electron chi connectivity index (χ0n) is 16.7. The van der Waals surface area contributed by atoms with Gasteiger partial charge in [0.15, 0.2) is 23.2 Å². The van der Waals surface area contributed by atoms with Crippen molar-refractivity contribution in [1.29, 1.82) is 0 Å². The first kappa shape index (κ1) is 20.2. The smallest absolute Gasteiger partial charge is 0.410 e. The number of rotatable bonds is 4. The quantitative estimate of drug-likeness (QED) is 0.631. The van der Waals surface area contributed by atoms with Crippen LogP contribution in [0.2, 0.25) is 0 Å². The molecular formula is C22H19F3N4O3. The van der Waals surface area contributed by atoms with Crippen molar-refractivity contribution in [3.8, 4) is 11.5 Å². The highest BCUT2D eigenvalue weighted by atomic mass is 19.4. The average molecular weight is 444 g/mol. The van der Waals surface area contributed by atoms with E-state index in [0.29, 0.717) is 17.1 Å². The molecule has 3 heterocycles. The van der Waals surface area contributed by atoms with E-state index in [2.05, 4.69) is 15.7 Å². The summed E-state index contributed by atoms with van der Waals surface area (Å²) in [5.74, 6) is 0.636. The van der Waals surface area contributed by atoms with Crippen LogP contribution in [0.5, 0.6) is 11.5 Å². The Bertz CT molecular complexity index is 1150. The lowest BCUT2D eigenvalue weighted by Gasteiger charge is -2.33. The van der Waals surface area contributed by atoms with Gasteiger partial charge in [0.1, 0.15) is 5.82 Å². The number of benzene rings is 2. The Morgan fingerprint density at radius 2 is 1.91 bits per heavy atom. The molecule has 0 unspecified atom stereocenters. The second-order valence-corrected chi connectivity index (χ2v) is 7.63. The maximum absolute atomic E-state index is 13.9. The monoisotopic (exact) mass is 444 g/mol. The predicted octanol–water partition coefficient (Wildman–Crippen LogP) is 4.20. The minimum atomic E-state index is -4.53. The van der Waals surface area contributed by atoms with E-state index in [0.717, 1.165) is 10.2 Å². The number of carbonyl (C=O) groups is 1. The molecule has 2 aromatic carbocycles. The fraction of sp³-hybridized carbons (Fsp3) is 0.273. The summed E-state index contributed by atoms with van der Waals surface area (Å²) in [6, 6.07) is 13.1. The molecule has 0 bridgehead atoms. The maximum atomic E-state index is 13.9. The third kappa shape index (κ3) is 3.83. The van der Waals surface area contributed by atoms with Crippen LogP contribution in [0.15, 0.2) is 54.6 Å². The zero-order valence-corrected chi connectivity index (χ0v) is 16.7. The number of fused-ring (bicyclic) bond motifs is 2. The van der Waals surface area contributed by atoms with Crippen molar-refractivity contribution in [2.24, 2.45) is 0 Å². The van der Waals surface area contributed by atoms with Crippen LogP contribution in [-0.4, -0.2) is 28.7 Å². The van der Waals surface area contributed by atoms with Crippen LogP contribution in [-0.2, 0) is 6.54 Å². The lowest BCUT2D eigenvalue weighted by atomic mass is 9.96. The number of amides is 1. The molecule has 7 nitrogen and oxygen atoms in total. The van der Waals surface area contributed by atoms with Crippen molar-refractivity contribution < 1.29 is 27.4 Å². The van der Waals surface area contributed by atoms with Crippen molar-refractivity contribution in [1.82, 2.24) is 15.1 Å². The first-order chi connectivity index (χ1) is 15.4. The molecule has 32 heavy (non-hydrogen) atoms. The second-order valence-electron chi connectivity index (χ2n) is 7.63. The molecule has 2 aliphatic heterocycles. The first-order valence-corrected chi connectivity index (χ1v) is 10.0. The summed E-state index contributed by atoms with van der Waals surface area (Å²) in [5, 5.41) is 9.75. The van der Waals surface area contributed by atoms with E-state index < -0.39 is 24.2 Å². The Hall–Kier alpha value is -3.69. The number of ether oxygens (including phenoxy) is 2. The highest BCUT2D eigenvalue weighted by molar-refractivity contribution is 5.93. The van der Waals surface area contributed by atoms with Crippen LogP contribution < -0.4 is 20.1 Å². The van der Waals surface area contributed by atoms with Crippen LogP contribution in [0.1, 0.15) is 40.1 Å². The van der Waals surface area contributed by atoms with Crippen molar-refractivity contribution in [2.45, 2.75) is 31.2 Å². The Labute approximate surface area is 181 Å². The fourth-order valence-corrected chi connectivity index (χ4v) is 3.90. The minimum Gasteiger partial charge on any atom is -0.454 e. The number of anilines is 1. The molecule has 5 rings (SSSR count). The lowest BCUT2D eigenvalue weighted by Crippen LogP contribution is -2.35. The lowest BCUT2D eigenvalue weighted by molar-refractivity contribution is -0.173. The van der Waals surface area contributed by atoms with Crippen LogP contribution >= 0.6 is 0 Å². The Morgan fingerprint density at radius 3 is 2.69 bits per heavy atom. The summed E-state index contributed by atoms with van der Waals surface area (Å²) in [6.07, 6.45) is -4.81. The molecule has 1 aromatic heterocycles. The topological polar surface area (TPSA) is 77.4 Å². The van der Waals surface area contributed by atoms with Crippen molar-refractivity contribution in [3.63, 3.8) is 0 Å². The van der Waals surface area contributed by atoms with E-state index in [1.54, 1.807) is 18.2 Å². The molecular weight excluding hydrogens is 425 g/mol. The molecule has 0 fully saturated rings. The fourth-order valence-electron chi connectivity index (χ4n) is 3.90. The SMILES string of the molecule is O=C(NCc1ccccc1)c1cc2n(n1)[C@H](C(F)(F)F)C[C@@H](c1ccc3c(c1)OCO3)N2. The molecule has 166 valence electrons. The third-order valence-corrected chi connectivity index (χ3v) is 5.52. The number of halogens is 3. The molecule has 0 saturated carbocycles. The number of hydrogen-bond acceptors (Lipinski definition) is 5. The van der Waals surface area contributed by atoms with Gasteiger partial charge in [0.25, 0.3) is 5.91 Å². The summed E-state index contributed by atoms with van der Waals surface area (Å²) in [5.41, 5.74) is 1.43. The van der Waals surface area contributed by atoms with Gasteiger partial charge in [0, 0.05) is 19.0 Å². The second kappa shape index (κ2) is 7.77. The van der Waals surface area contributed by atoms with E-state index in [1.165, 1.54) is 6.07 Å². The summed E-state index contributed by atoms with van der Waals surface area (Å²) in [4.78, 5) is 12.5. The van der Waals surface area contributed by atoms with Crippen molar-refractivity contribution in [2.75, 3.05) is 12.1 Å². The number of nitrogens with zero attached hydrogens (tertiary/aromatic N) is 2. The van der Waals surface area contributed by atoms with Crippen molar-refractivity contribution >= 4 is 11.7 Å². The molecule has 3 aromatic rings. The van der Waals surface area contributed by atoms with Gasteiger partial charge in [-0.05, 0) is 23.3 Å². The first-order valence-electron chi connectivity index (χ1n) is 10.0. The van der Waals surface area contributed by atoms with Crippen LogP contribution in [0.3, 0.4) is 0 Å². The highest BCUT2D eigenvalue weighted by Gasteiger charge is 2.47. The summed E-state index contributed by atoms with van der Waals surface area (Å²) in [6.45, 7) is 0.327. The number of alkyl halides is 3. The summed E-state index contributed by atoms with van der Waals surface area (Å²) >= 11 is 0. The Morgan fingerprint density at radius 1 is 1.12 bits per heavy atom. The van der Waals surface area contributed by atoms with E-state index in [-0.39, 0.29) is 31.3 Å². The Kier molecular flexibility index (Phi) is 4.91. The van der Waals surface area contributed by atoms with Gasteiger partial charge >= 0.3 is 6.18 Å². The number of hydrogen-bond donors (Lipinski definition) is 2. The molecule has 0 saturated heterocycles. The van der Waals surface area contributed by atoms with E-state index in [1.807, 2.05) is 30.3 Å². The summed E-state index contributed by atoms with van der Waals surface area (Å²) < 4.78 is 53.1. The van der Waals surface area contributed by atoms with Gasteiger partial charge in [-0.2, -0.15) is 18.3 Å². The Balaban J connectivity index is 1.40. The van der Waals surface area contributed by atoms with Gasteiger partial charge in [-0.15, -0.1) is 0 Å². The largest absolute Gasteiger partial charge is 0.454 e. The maximum Gasteiger partial charge on any atom is 0.410 e. The van der Waals surface area contributed by atoms with E-state index in [4.69, 9.17) is 9.47 Å². The van der Waals surface area contributed by atoms with Gasteiger partial charge in [-0.3, -0.25) is 4.79 Å². The molecule has 10 heteroatoms. The van der Waals surface area contributed by atoms with Crippen LogP contribution in [0.4, 0.5) is 19.0 Å². The average Bonchev–Trinajstić information content (AvgIpc) is 3.43. The van der Waals surface area contributed by atoms with Gasteiger partial charge < -0.3 is 20.1 Å². The molecule has 1 amide bonds. The number of carbonyl (C=O) groups excluding carboxylic acids is 1. The predicted molar refractivity (Wildman–Crippen MR) is 108 cm³/mol. The molecule has 2 atom stereocenters. The van der Waals surface area contributed by atoms with Gasteiger partial charge in [-0.25, -0.2) is 4.68 Å². The molecule has 0 spiro atoms. The highest BCUT2D eigenvalue weighted by Crippen LogP contribution is 2.45. The van der Waals surface area contributed by atoms with E-state index in [9.17, 15) is 18.0 Å². The van der Waals surface area contributed by atoms with Crippen molar-refractivity contribution in [3.05, 3.63) is 71.4 Å². The number of nitrogens with one attached hydrogen (secondary N) is 2. The molecule has 2 N–H and O–H groups in total. The molecule has 0 aliphatic carbocycles. The van der Waals surface area contributed by atoms with Crippen LogP contribution in [0.25, 0.3) is 0 Å².